The van der Waals surface area contributed by atoms with Crippen LogP contribution in [0.15, 0.2) is 48.5 Å². The number of nitrogens with zero attached hydrogens (tertiary/aromatic N) is 3. The number of para-hydroxylation sites is 1. The fraction of sp³-hybridized carbons (Fsp3) is 0.391. The van der Waals surface area contributed by atoms with Gasteiger partial charge >= 0.3 is 0 Å². The van der Waals surface area contributed by atoms with Crippen molar-refractivity contribution in [3.8, 4) is 0 Å². The molecule has 2 aliphatic heterocycles. The number of hydrogen-bond acceptors (Lipinski definition) is 3. The zero-order chi connectivity index (χ0) is 19.5. The largest absolute Gasteiger partial charge is 0.303 e. The molecule has 0 unspecified atom stereocenters. The average Bonchev–Trinajstić information content (AvgIpc) is 2.74. The summed E-state index contributed by atoms with van der Waals surface area (Å²) >= 11 is 0. The second kappa shape index (κ2) is 8.15. The highest BCUT2D eigenvalue weighted by Gasteiger charge is 2.33. The van der Waals surface area contributed by atoms with E-state index in [1.807, 2.05) is 55.5 Å². The number of fused-ring (bicyclic) bond motifs is 1. The van der Waals surface area contributed by atoms with Crippen molar-refractivity contribution in [1.29, 1.82) is 0 Å². The zero-order valence-electron chi connectivity index (χ0n) is 16.4. The lowest BCUT2D eigenvalue weighted by atomic mass is 10.1. The maximum Gasteiger partial charge on any atom is 0.261 e. The first-order chi connectivity index (χ1) is 13.6. The van der Waals surface area contributed by atoms with Crippen molar-refractivity contribution in [2.45, 2.75) is 32.6 Å². The van der Waals surface area contributed by atoms with E-state index in [2.05, 4.69) is 4.90 Å². The maximum absolute atomic E-state index is 13.1. The molecule has 0 bridgehead atoms. The number of amides is 2. The first-order valence-corrected chi connectivity index (χ1v) is 10.1. The van der Waals surface area contributed by atoms with Gasteiger partial charge < -0.3 is 4.90 Å². The monoisotopic (exact) mass is 377 g/mol. The molecule has 5 nitrogen and oxygen atoms in total. The molecule has 2 heterocycles. The van der Waals surface area contributed by atoms with Gasteiger partial charge in [0, 0.05) is 18.7 Å². The van der Waals surface area contributed by atoms with Crippen molar-refractivity contribution in [3.05, 3.63) is 59.7 Å². The van der Waals surface area contributed by atoms with Crippen molar-refractivity contribution in [2.75, 3.05) is 36.1 Å². The van der Waals surface area contributed by atoms with Gasteiger partial charge in [0.2, 0.25) is 5.91 Å². The Kier molecular flexibility index (Phi) is 5.44. The molecule has 0 radical (unpaired) electrons. The van der Waals surface area contributed by atoms with Crippen molar-refractivity contribution in [1.82, 2.24) is 4.90 Å². The lowest BCUT2D eigenvalue weighted by molar-refractivity contribution is -0.119. The van der Waals surface area contributed by atoms with Crippen LogP contribution in [0.3, 0.4) is 0 Å². The average molecular weight is 377 g/mol. The molecule has 146 valence electrons. The Labute approximate surface area is 166 Å². The van der Waals surface area contributed by atoms with Crippen molar-refractivity contribution >= 4 is 23.2 Å². The Bertz CT molecular complexity index is 856. The molecular weight excluding hydrogens is 350 g/mol. The van der Waals surface area contributed by atoms with Gasteiger partial charge in [0.05, 0.1) is 11.3 Å². The van der Waals surface area contributed by atoms with Crippen LogP contribution < -0.4 is 9.80 Å². The molecule has 28 heavy (non-hydrogen) atoms. The van der Waals surface area contributed by atoms with Crippen LogP contribution in [0.5, 0.6) is 0 Å². The second-order valence-corrected chi connectivity index (χ2v) is 7.70. The fourth-order valence-electron chi connectivity index (χ4n) is 4.03. The van der Waals surface area contributed by atoms with Crippen LogP contribution in [0.2, 0.25) is 0 Å². The summed E-state index contributed by atoms with van der Waals surface area (Å²) in [6.07, 6.45) is 4.20. The quantitative estimate of drug-likeness (QED) is 0.814. The predicted octanol–water partition coefficient (Wildman–Crippen LogP) is 3.82. The molecular formula is C23H27N3O2. The Balaban J connectivity index is 1.56. The molecule has 2 aliphatic rings. The van der Waals surface area contributed by atoms with E-state index in [0.717, 1.165) is 36.6 Å². The molecule has 2 aromatic rings. The van der Waals surface area contributed by atoms with Crippen molar-refractivity contribution < 1.29 is 9.59 Å². The molecule has 0 aliphatic carbocycles. The number of carbonyl (C=O) groups is 2. The number of likely N-dealkylation sites (tertiary alicyclic amines) is 1. The number of aryl methyl sites for hydroxylation is 1. The fourth-order valence-corrected chi connectivity index (χ4v) is 4.03. The summed E-state index contributed by atoms with van der Waals surface area (Å²) < 4.78 is 0. The van der Waals surface area contributed by atoms with Gasteiger partial charge in [-0.1, -0.05) is 36.2 Å². The Morgan fingerprint density at radius 1 is 0.964 bits per heavy atom. The van der Waals surface area contributed by atoms with Crippen molar-refractivity contribution in [3.63, 3.8) is 0 Å². The van der Waals surface area contributed by atoms with E-state index < -0.39 is 0 Å². The minimum absolute atomic E-state index is 0.0560. The van der Waals surface area contributed by atoms with Gasteiger partial charge in [0.25, 0.3) is 5.91 Å². The molecule has 0 atom stereocenters. The van der Waals surface area contributed by atoms with E-state index in [9.17, 15) is 9.59 Å². The summed E-state index contributed by atoms with van der Waals surface area (Å²) in [5, 5.41) is 0. The van der Waals surface area contributed by atoms with Crippen LogP contribution in [-0.4, -0.2) is 43.0 Å². The number of hydrogen-bond donors (Lipinski definition) is 0. The van der Waals surface area contributed by atoms with Gasteiger partial charge in [0.1, 0.15) is 6.67 Å². The third-order valence-electron chi connectivity index (χ3n) is 5.69. The molecule has 0 saturated carbocycles. The molecule has 2 amide bonds. The van der Waals surface area contributed by atoms with Gasteiger partial charge in [-0.05, 0) is 57.1 Å². The van der Waals surface area contributed by atoms with E-state index >= 15 is 0 Å². The molecule has 1 fully saturated rings. The van der Waals surface area contributed by atoms with Gasteiger partial charge in [-0.3, -0.25) is 19.4 Å². The lowest BCUT2D eigenvalue weighted by Gasteiger charge is -2.37. The first-order valence-electron chi connectivity index (χ1n) is 10.1. The molecule has 5 heteroatoms. The van der Waals surface area contributed by atoms with Crippen LogP contribution in [0.25, 0.3) is 0 Å². The molecule has 2 aromatic carbocycles. The van der Waals surface area contributed by atoms with Gasteiger partial charge in [0.15, 0.2) is 0 Å². The van der Waals surface area contributed by atoms with E-state index in [1.165, 1.54) is 19.3 Å². The van der Waals surface area contributed by atoms with Crippen LogP contribution in [0.1, 0.15) is 41.6 Å². The van der Waals surface area contributed by atoms with Crippen LogP contribution in [0, 0.1) is 6.92 Å². The highest BCUT2D eigenvalue weighted by molar-refractivity contribution is 6.15. The lowest BCUT2D eigenvalue weighted by Crippen LogP contribution is -2.50. The molecule has 0 aromatic heterocycles. The summed E-state index contributed by atoms with van der Waals surface area (Å²) in [6.45, 7) is 5.23. The first kappa shape index (κ1) is 18.7. The van der Waals surface area contributed by atoms with E-state index in [1.54, 1.807) is 9.80 Å². The smallest absolute Gasteiger partial charge is 0.261 e. The van der Waals surface area contributed by atoms with Crippen molar-refractivity contribution in [2.24, 2.45) is 0 Å². The minimum Gasteiger partial charge on any atom is -0.303 e. The molecule has 0 spiro atoms. The van der Waals surface area contributed by atoms with Crippen LogP contribution in [0.4, 0.5) is 11.4 Å². The highest BCUT2D eigenvalue weighted by Crippen LogP contribution is 2.31. The summed E-state index contributed by atoms with van der Waals surface area (Å²) in [5.41, 5.74) is 3.27. The minimum atomic E-state index is -0.0560. The predicted molar refractivity (Wildman–Crippen MR) is 112 cm³/mol. The summed E-state index contributed by atoms with van der Waals surface area (Å²) in [5.74, 6) is 0.0159. The summed E-state index contributed by atoms with van der Waals surface area (Å²) in [4.78, 5) is 32.0. The Hall–Kier alpha value is -2.66. The zero-order valence-corrected chi connectivity index (χ0v) is 16.4. The maximum atomic E-state index is 13.1. The Morgan fingerprint density at radius 3 is 2.43 bits per heavy atom. The molecule has 4 rings (SSSR count). The van der Waals surface area contributed by atoms with E-state index in [0.29, 0.717) is 12.0 Å². The third kappa shape index (κ3) is 3.80. The topological polar surface area (TPSA) is 43.9 Å². The standard InChI is InChI=1S/C23H27N3O2/c1-18-9-11-19(12-10-18)25-17-26(21-8-4-3-7-20(21)23(25)28)22(27)13-16-24-14-5-2-6-15-24/h3-4,7-12H,2,5-6,13-17H2,1H3. The van der Waals surface area contributed by atoms with Crippen LogP contribution in [-0.2, 0) is 4.79 Å². The number of piperidine rings is 1. The van der Waals surface area contributed by atoms with Gasteiger partial charge in [-0.25, -0.2) is 0 Å². The second-order valence-electron chi connectivity index (χ2n) is 7.70. The van der Waals surface area contributed by atoms with Crippen LogP contribution >= 0.6 is 0 Å². The third-order valence-corrected chi connectivity index (χ3v) is 5.69. The summed E-state index contributed by atoms with van der Waals surface area (Å²) in [7, 11) is 0. The Morgan fingerprint density at radius 2 is 1.68 bits per heavy atom. The van der Waals surface area contributed by atoms with E-state index in [4.69, 9.17) is 0 Å². The number of anilines is 2. The normalized spacial score (nSPS) is 17.5. The van der Waals surface area contributed by atoms with Gasteiger partial charge in [-0.2, -0.15) is 0 Å². The summed E-state index contributed by atoms with van der Waals surface area (Å²) in [6, 6.07) is 15.3. The number of rotatable bonds is 4. The van der Waals surface area contributed by atoms with E-state index in [-0.39, 0.29) is 18.5 Å². The molecule has 0 N–H and O–H groups in total. The van der Waals surface area contributed by atoms with Gasteiger partial charge in [-0.15, -0.1) is 0 Å². The highest BCUT2D eigenvalue weighted by atomic mass is 16.2. The molecule has 1 saturated heterocycles. The number of benzene rings is 2. The SMILES string of the molecule is Cc1ccc(N2CN(C(=O)CCN3CCCCC3)c3ccccc3C2=O)cc1. The number of carbonyl (C=O) groups excluding carboxylic acids is 2.